The van der Waals surface area contributed by atoms with Crippen LogP contribution in [-0.4, -0.2) is 88.2 Å². The lowest BCUT2D eigenvalue weighted by Gasteiger charge is -2.20. The van der Waals surface area contributed by atoms with Gasteiger partial charge in [-0.15, -0.1) is 0 Å². The van der Waals surface area contributed by atoms with Crippen LogP contribution in [0, 0.1) is 0 Å². The Hall–Kier alpha value is -4.14. The number of nitrogens with one attached hydrogen (secondary N) is 2. The van der Waals surface area contributed by atoms with Gasteiger partial charge in [-0.1, -0.05) is 180 Å². The predicted octanol–water partition coefficient (Wildman–Crippen LogP) is 11.4. The molecule has 0 aromatic heterocycles. The van der Waals surface area contributed by atoms with E-state index in [9.17, 15) is 38.7 Å². The van der Waals surface area contributed by atoms with Crippen molar-refractivity contribution in [1.29, 1.82) is 0 Å². The summed E-state index contributed by atoms with van der Waals surface area (Å²) in [5.41, 5.74) is 0.738. The minimum absolute atomic E-state index is 0.0220. The highest BCUT2D eigenvalue weighted by atomic mass is 32.2. The van der Waals surface area contributed by atoms with Crippen molar-refractivity contribution in [3.63, 3.8) is 0 Å². The van der Waals surface area contributed by atoms with Crippen LogP contribution in [0.25, 0.3) is 0 Å². The molecule has 14 nitrogen and oxygen atoms in total. The topological polar surface area (TPSA) is 212 Å². The molecular weight excluding hydrogens is 889 g/mol. The molecule has 2 amide bonds. The van der Waals surface area contributed by atoms with Gasteiger partial charge < -0.3 is 35.1 Å². The van der Waals surface area contributed by atoms with E-state index < -0.39 is 54.4 Å². The molecule has 0 radical (unpaired) electrons. The standard InChI is InChI=1S/C53H88N2O12S/c1-4-6-8-10-12-14-16-18-20-22-24-26-28-30-49(59)65-39-45(67-50(60)31-29-27-25-23-21-19-17-15-13-11-9-7-5-2)40-68-41-47(66-42(3)56)52(62)54-38-43-32-34-44(35-33-43)51(61)55-46(53(63)64)36-37-48(57)58/h32-35,45-47H,4-31,36-41H2,1-3H3,(H,54,62)(H,55,61)(H,57,58)(H,63,64)/t45?,46-,47?/m0/s1. The Kier molecular flexibility index (Phi) is 38.0. The van der Waals surface area contributed by atoms with Gasteiger partial charge in [0.1, 0.15) is 18.8 Å². The van der Waals surface area contributed by atoms with Crippen LogP contribution < -0.4 is 10.6 Å². The summed E-state index contributed by atoms with van der Waals surface area (Å²) in [6.45, 7) is 5.58. The van der Waals surface area contributed by atoms with Gasteiger partial charge in [0.15, 0.2) is 6.10 Å². The number of thioether (sulfide) groups is 1. The number of benzene rings is 1. The van der Waals surface area contributed by atoms with E-state index in [4.69, 9.17) is 19.3 Å². The van der Waals surface area contributed by atoms with E-state index >= 15 is 0 Å². The summed E-state index contributed by atoms with van der Waals surface area (Å²) < 4.78 is 16.8. The van der Waals surface area contributed by atoms with Gasteiger partial charge >= 0.3 is 29.8 Å². The van der Waals surface area contributed by atoms with Gasteiger partial charge in [0.2, 0.25) is 0 Å². The van der Waals surface area contributed by atoms with Crippen LogP contribution in [0.15, 0.2) is 24.3 Å². The summed E-state index contributed by atoms with van der Waals surface area (Å²) in [5, 5.41) is 23.3. The van der Waals surface area contributed by atoms with Crippen LogP contribution in [0.2, 0.25) is 0 Å². The lowest BCUT2D eigenvalue weighted by atomic mass is 10.0. The molecule has 0 saturated carbocycles. The van der Waals surface area contributed by atoms with E-state index in [0.717, 1.165) is 44.9 Å². The molecule has 0 aliphatic carbocycles. The van der Waals surface area contributed by atoms with Gasteiger partial charge in [-0.05, 0) is 37.0 Å². The van der Waals surface area contributed by atoms with Crippen molar-refractivity contribution < 1.29 is 58.0 Å². The SMILES string of the molecule is CCCCCCCCCCCCCCCC(=O)OCC(CSCC(OC(C)=O)C(=O)NCc1ccc(C(=O)N[C@@H](CCC(=O)O)C(=O)O)cc1)OC(=O)CCCCCCCCCCCCCCC. The van der Waals surface area contributed by atoms with E-state index in [1.807, 2.05) is 0 Å². The number of carbonyl (C=O) groups is 7. The third-order valence-electron chi connectivity index (χ3n) is 11.8. The molecule has 0 spiro atoms. The monoisotopic (exact) mass is 977 g/mol. The normalized spacial score (nSPS) is 12.4. The second kappa shape index (κ2) is 41.8. The number of ether oxygens (including phenoxy) is 3. The van der Waals surface area contributed by atoms with Crippen molar-refractivity contribution in [3.05, 3.63) is 35.4 Å². The summed E-state index contributed by atoms with van der Waals surface area (Å²) in [6, 6.07) is 4.64. The zero-order valence-corrected chi connectivity index (χ0v) is 42.8. The first-order valence-electron chi connectivity index (χ1n) is 26.1. The number of amides is 2. The Morgan fingerprint density at radius 3 is 1.47 bits per heavy atom. The molecule has 1 rings (SSSR count). The summed E-state index contributed by atoms with van der Waals surface area (Å²) in [6.07, 6.45) is 29.1. The number of carboxylic acid groups (broad SMARTS) is 2. The zero-order chi connectivity index (χ0) is 50.0. The van der Waals surface area contributed by atoms with Crippen molar-refractivity contribution in [3.8, 4) is 0 Å². The summed E-state index contributed by atoms with van der Waals surface area (Å²) in [4.78, 5) is 86.0. The molecule has 0 saturated heterocycles. The zero-order valence-electron chi connectivity index (χ0n) is 42.0. The molecule has 2 unspecified atom stereocenters. The number of carboxylic acids is 2. The fourth-order valence-electron chi connectivity index (χ4n) is 7.71. The fourth-order valence-corrected chi connectivity index (χ4v) is 8.70. The minimum atomic E-state index is -1.38. The maximum Gasteiger partial charge on any atom is 0.326 e. The van der Waals surface area contributed by atoms with Gasteiger partial charge in [0.05, 0.1) is 0 Å². The molecule has 0 aliphatic heterocycles. The van der Waals surface area contributed by atoms with Crippen molar-refractivity contribution in [2.45, 2.75) is 238 Å². The van der Waals surface area contributed by atoms with Gasteiger partial charge in [-0.2, -0.15) is 11.8 Å². The molecule has 4 N–H and O–H groups in total. The lowest BCUT2D eigenvalue weighted by molar-refractivity contribution is -0.157. The Labute approximate surface area is 412 Å². The average Bonchev–Trinajstić information content (AvgIpc) is 3.31. The molecule has 3 atom stereocenters. The van der Waals surface area contributed by atoms with Crippen LogP contribution in [-0.2, 0) is 49.5 Å². The number of rotatable bonds is 45. The first-order chi connectivity index (χ1) is 32.9. The number of carbonyl (C=O) groups excluding carboxylic acids is 5. The highest BCUT2D eigenvalue weighted by Crippen LogP contribution is 2.17. The largest absolute Gasteiger partial charge is 0.481 e. The molecule has 1 aromatic rings. The Morgan fingerprint density at radius 1 is 0.574 bits per heavy atom. The fraction of sp³-hybridized carbons (Fsp3) is 0.755. The van der Waals surface area contributed by atoms with Crippen LogP contribution in [0.3, 0.4) is 0 Å². The summed E-state index contributed by atoms with van der Waals surface area (Å²) >= 11 is 1.23. The van der Waals surface area contributed by atoms with Crippen LogP contribution in [0.4, 0.5) is 0 Å². The van der Waals surface area contributed by atoms with E-state index in [0.29, 0.717) is 12.0 Å². The number of unbranched alkanes of at least 4 members (excludes halogenated alkanes) is 24. The van der Waals surface area contributed by atoms with Crippen LogP contribution in [0.1, 0.15) is 229 Å². The molecule has 388 valence electrons. The molecule has 0 heterocycles. The number of hydrogen-bond acceptors (Lipinski definition) is 11. The molecule has 0 aliphatic rings. The third-order valence-corrected chi connectivity index (χ3v) is 12.9. The number of esters is 3. The minimum Gasteiger partial charge on any atom is -0.481 e. The molecule has 0 bridgehead atoms. The van der Waals surface area contributed by atoms with Crippen LogP contribution >= 0.6 is 11.8 Å². The van der Waals surface area contributed by atoms with Crippen LogP contribution in [0.5, 0.6) is 0 Å². The number of hydrogen-bond donors (Lipinski definition) is 4. The second-order valence-electron chi connectivity index (χ2n) is 18.1. The Balaban J connectivity index is 2.67. The summed E-state index contributed by atoms with van der Waals surface area (Å²) in [7, 11) is 0. The highest BCUT2D eigenvalue weighted by molar-refractivity contribution is 7.99. The van der Waals surface area contributed by atoms with E-state index in [-0.39, 0.29) is 61.4 Å². The molecular formula is C53H88N2O12S. The van der Waals surface area contributed by atoms with Crippen molar-refractivity contribution in [1.82, 2.24) is 10.6 Å². The van der Waals surface area contributed by atoms with E-state index in [1.54, 1.807) is 12.1 Å². The maximum absolute atomic E-state index is 13.2. The van der Waals surface area contributed by atoms with Gasteiger partial charge in [-0.3, -0.25) is 28.8 Å². The van der Waals surface area contributed by atoms with Crippen molar-refractivity contribution in [2.24, 2.45) is 0 Å². The van der Waals surface area contributed by atoms with Crippen molar-refractivity contribution >= 4 is 53.4 Å². The second-order valence-corrected chi connectivity index (χ2v) is 19.2. The van der Waals surface area contributed by atoms with Gasteiger partial charge in [-0.25, -0.2) is 4.79 Å². The summed E-state index contributed by atoms with van der Waals surface area (Å²) in [5.74, 6) is -4.94. The quantitative estimate of drug-likeness (QED) is 0.0272. The lowest BCUT2D eigenvalue weighted by Crippen LogP contribution is -2.41. The van der Waals surface area contributed by atoms with Gasteiger partial charge in [0.25, 0.3) is 11.8 Å². The van der Waals surface area contributed by atoms with E-state index in [2.05, 4.69) is 24.5 Å². The first-order valence-corrected chi connectivity index (χ1v) is 27.2. The predicted molar refractivity (Wildman–Crippen MR) is 268 cm³/mol. The molecule has 15 heteroatoms. The molecule has 68 heavy (non-hydrogen) atoms. The smallest absolute Gasteiger partial charge is 0.326 e. The first kappa shape index (κ1) is 61.9. The van der Waals surface area contributed by atoms with Gasteiger partial charge in [0, 0.05) is 49.8 Å². The molecule has 1 aromatic carbocycles. The third kappa shape index (κ3) is 35.0. The van der Waals surface area contributed by atoms with Crippen molar-refractivity contribution in [2.75, 3.05) is 18.1 Å². The number of aliphatic carboxylic acids is 2. The van der Waals surface area contributed by atoms with E-state index in [1.165, 1.54) is 146 Å². The maximum atomic E-state index is 13.2. The average molecular weight is 977 g/mol. The highest BCUT2D eigenvalue weighted by Gasteiger charge is 2.25. The molecule has 0 fully saturated rings. The Bertz CT molecular complexity index is 1540. The Morgan fingerprint density at radius 2 is 1.03 bits per heavy atom.